The Labute approximate surface area is 192 Å². The highest BCUT2D eigenvalue weighted by atomic mass is 35.5. The monoisotopic (exact) mass is 430 g/mol. The van der Waals surface area contributed by atoms with Gasteiger partial charge in [0.25, 0.3) is 0 Å². The van der Waals surface area contributed by atoms with Gasteiger partial charge in [0.05, 0.1) is 11.4 Å². The third kappa shape index (κ3) is 6.77. The number of hydrogen-bond acceptors (Lipinski definition) is 2. The topological polar surface area (TPSA) is 25.8 Å². The Bertz CT molecular complexity index is 1050. The van der Waals surface area contributed by atoms with Crippen LogP contribution in [0, 0.1) is 0 Å². The average Bonchev–Trinajstić information content (AvgIpc) is 2.81. The Hall–Kier alpha value is -2.97. The molecule has 0 saturated carbocycles. The second kappa shape index (κ2) is 12.7. The molecule has 0 N–H and O–H groups in total. The lowest BCUT2D eigenvalue weighted by molar-refractivity contribution is 1.08. The standard InChI is InChI=1S/C28H31ClN2/c1-6-10-14-21(5)28-30-26(23(9-4)13-7-2)20-27(31-28)25-16-11-15-24(19-25)22(8-3)17-12-18-29/h6-8,10-17,19-20H,2,9,18H2,1,3-5H3/b10-6-,17-12-,21-14+,22-8+,23-13+. The molecule has 1 aromatic heterocycles. The maximum absolute atomic E-state index is 5.83. The highest BCUT2D eigenvalue weighted by molar-refractivity contribution is 6.19. The summed E-state index contributed by atoms with van der Waals surface area (Å²) in [6.07, 6.45) is 16.8. The van der Waals surface area contributed by atoms with Crippen LogP contribution in [0.4, 0.5) is 0 Å². The van der Waals surface area contributed by atoms with Gasteiger partial charge in [-0.05, 0) is 61.6 Å². The number of aromatic nitrogens is 2. The fourth-order valence-electron chi connectivity index (χ4n) is 3.17. The van der Waals surface area contributed by atoms with E-state index in [0.29, 0.717) is 5.88 Å². The molecule has 0 unspecified atom stereocenters. The van der Waals surface area contributed by atoms with Crippen molar-refractivity contribution >= 4 is 28.3 Å². The first kappa shape index (κ1) is 24.3. The molecular formula is C28H31ClN2. The van der Waals surface area contributed by atoms with E-state index >= 15 is 0 Å². The fraction of sp³-hybridized carbons (Fsp3) is 0.214. The zero-order valence-electron chi connectivity index (χ0n) is 18.9. The van der Waals surface area contributed by atoms with Crippen molar-refractivity contribution in [1.82, 2.24) is 9.97 Å². The van der Waals surface area contributed by atoms with Gasteiger partial charge >= 0.3 is 0 Å². The Balaban J connectivity index is 2.67. The number of rotatable bonds is 9. The molecule has 2 rings (SSSR count). The molecule has 0 radical (unpaired) electrons. The number of allylic oxidation sites excluding steroid dienone is 11. The smallest absolute Gasteiger partial charge is 0.156 e. The van der Waals surface area contributed by atoms with Crippen molar-refractivity contribution in [3.8, 4) is 11.3 Å². The minimum Gasteiger partial charge on any atom is -0.229 e. The lowest BCUT2D eigenvalue weighted by Crippen LogP contribution is -2.00. The van der Waals surface area contributed by atoms with Gasteiger partial charge in [-0.15, -0.1) is 11.6 Å². The van der Waals surface area contributed by atoms with Gasteiger partial charge in [-0.25, -0.2) is 9.97 Å². The summed E-state index contributed by atoms with van der Waals surface area (Å²) in [5, 5.41) is 0. The SMILES string of the molecule is C=C/C=C(\CC)c1cc(-c2cccc(C(/C=C\CCl)=C/C)c2)nc(/C(C)=C/C=C\C)n1. The third-order valence-corrected chi connectivity index (χ3v) is 5.01. The summed E-state index contributed by atoms with van der Waals surface area (Å²) in [6.45, 7) is 12.0. The molecule has 1 aromatic carbocycles. The van der Waals surface area contributed by atoms with E-state index in [-0.39, 0.29) is 0 Å². The van der Waals surface area contributed by atoms with Crippen LogP contribution in [0.3, 0.4) is 0 Å². The lowest BCUT2D eigenvalue weighted by Gasteiger charge is -2.12. The lowest BCUT2D eigenvalue weighted by atomic mass is 9.99. The minimum atomic E-state index is 0.489. The number of alkyl halides is 1. The van der Waals surface area contributed by atoms with E-state index in [0.717, 1.165) is 51.5 Å². The molecular weight excluding hydrogens is 400 g/mol. The molecule has 0 amide bonds. The highest BCUT2D eigenvalue weighted by Crippen LogP contribution is 2.27. The van der Waals surface area contributed by atoms with Gasteiger partial charge in [-0.2, -0.15) is 0 Å². The van der Waals surface area contributed by atoms with Gasteiger partial charge in [0.2, 0.25) is 0 Å². The van der Waals surface area contributed by atoms with Crippen LogP contribution in [-0.4, -0.2) is 15.8 Å². The van der Waals surface area contributed by atoms with Crippen LogP contribution in [0.1, 0.15) is 51.2 Å². The summed E-state index contributed by atoms with van der Waals surface area (Å²) in [5.74, 6) is 1.22. The van der Waals surface area contributed by atoms with Crippen molar-refractivity contribution in [2.45, 2.75) is 34.1 Å². The van der Waals surface area contributed by atoms with E-state index in [2.05, 4.69) is 56.0 Å². The fourth-order valence-corrected chi connectivity index (χ4v) is 3.26. The maximum atomic E-state index is 5.83. The van der Waals surface area contributed by atoms with Crippen molar-refractivity contribution in [3.05, 3.63) is 103 Å². The largest absolute Gasteiger partial charge is 0.229 e. The van der Waals surface area contributed by atoms with Gasteiger partial charge < -0.3 is 0 Å². The summed E-state index contributed by atoms with van der Waals surface area (Å²) in [7, 11) is 0. The van der Waals surface area contributed by atoms with Gasteiger partial charge in [0.15, 0.2) is 5.82 Å². The summed E-state index contributed by atoms with van der Waals surface area (Å²) in [6, 6.07) is 10.5. The van der Waals surface area contributed by atoms with E-state index in [1.165, 1.54) is 0 Å². The van der Waals surface area contributed by atoms with Crippen LogP contribution >= 0.6 is 11.6 Å². The first-order chi connectivity index (χ1) is 15.1. The average molecular weight is 431 g/mol. The third-order valence-electron chi connectivity index (χ3n) is 4.84. The van der Waals surface area contributed by atoms with Crippen molar-refractivity contribution < 1.29 is 0 Å². The highest BCUT2D eigenvalue weighted by Gasteiger charge is 2.11. The molecule has 0 fully saturated rings. The zero-order chi connectivity index (χ0) is 22.6. The second-order valence-corrected chi connectivity index (χ2v) is 7.31. The number of hydrogen-bond donors (Lipinski definition) is 0. The zero-order valence-corrected chi connectivity index (χ0v) is 19.7. The molecule has 0 spiro atoms. The summed E-state index contributed by atoms with van der Waals surface area (Å²) in [4.78, 5) is 9.75. The second-order valence-electron chi connectivity index (χ2n) is 7.00. The van der Waals surface area contributed by atoms with Crippen LogP contribution in [0.15, 0.2) is 85.5 Å². The van der Waals surface area contributed by atoms with Crippen LogP contribution in [0.5, 0.6) is 0 Å². The van der Waals surface area contributed by atoms with Crippen molar-refractivity contribution in [2.24, 2.45) is 0 Å². The Morgan fingerprint density at radius 3 is 2.58 bits per heavy atom. The van der Waals surface area contributed by atoms with Crippen LogP contribution in [0.25, 0.3) is 28.0 Å². The van der Waals surface area contributed by atoms with Crippen LogP contribution in [-0.2, 0) is 0 Å². The summed E-state index contributed by atoms with van der Waals surface area (Å²) in [5.41, 5.74) is 7.28. The molecule has 31 heavy (non-hydrogen) atoms. The van der Waals surface area contributed by atoms with Gasteiger partial charge in [-0.1, -0.05) is 80.3 Å². The Morgan fingerprint density at radius 2 is 1.94 bits per heavy atom. The molecule has 1 heterocycles. The number of nitrogens with zero attached hydrogens (tertiary/aromatic N) is 2. The van der Waals surface area contributed by atoms with Gasteiger partial charge in [0, 0.05) is 11.4 Å². The van der Waals surface area contributed by atoms with Crippen LogP contribution < -0.4 is 0 Å². The molecule has 3 heteroatoms. The van der Waals surface area contributed by atoms with E-state index < -0.39 is 0 Å². The van der Waals surface area contributed by atoms with E-state index in [1.54, 1.807) is 0 Å². The Kier molecular flexibility index (Phi) is 9.93. The molecule has 0 atom stereocenters. The molecule has 0 aliphatic rings. The minimum absolute atomic E-state index is 0.489. The molecule has 2 aromatic rings. The Morgan fingerprint density at radius 1 is 1.13 bits per heavy atom. The molecule has 160 valence electrons. The van der Waals surface area contributed by atoms with E-state index in [9.17, 15) is 0 Å². The predicted octanol–water partition coefficient (Wildman–Crippen LogP) is 8.30. The quantitative estimate of drug-likeness (QED) is 0.295. The maximum Gasteiger partial charge on any atom is 0.156 e. The van der Waals surface area contributed by atoms with E-state index in [1.807, 2.05) is 57.2 Å². The first-order valence-corrected chi connectivity index (χ1v) is 11.1. The summed E-state index contributed by atoms with van der Waals surface area (Å²) < 4.78 is 0. The summed E-state index contributed by atoms with van der Waals surface area (Å²) >= 11 is 5.83. The molecule has 0 bridgehead atoms. The van der Waals surface area contributed by atoms with Crippen molar-refractivity contribution in [3.63, 3.8) is 0 Å². The van der Waals surface area contributed by atoms with Crippen LogP contribution in [0.2, 0.25) is 0 Å². The van der Waals surface area contributed by atoms with Gasteiger partial charge in [0.1, 0.15) is 0 Å². The molecule has 0 aliphatic carbocycles. The predicted molar refractivity (Wildman–Crippen MR) is 138 cm³/mol. The van der Waals surface area contributed by atoms with Crippen molar-refractivity contribution in [1.29, 1.82) is 0 Å². The molecule has 0 aliphatic heterocycles. The number of benzene rings is 1. The normalized spacial score (nSPS) is 13.4. The van der Waals surface area contributed by atoms with Crippen molar-refractivity contribution in [2.75, 3.05) is 5.88 Å². The molecule has 2 nitrogen and oxygen atoms in total. The van der Waals surface area contributed by atoms with E-state index in [4.69, 9.17) is 21.6 Å². The van der Waals surface area contributed by atoms with Gasteiger partial charge in [-0.3, -0.25) is 0 Å². The number of halogens is 1. The molecule has 0 saturated heterocycles. The first-order valence-electron chi connectivity index (χ1n) is 10.6.